The van der Waals surface area contributed by atoms with E-state index in [2.05, 4.69) is 28.6 Å². The third-order valence-corrected chi connectivity index (χ3v) is 5.57. The molecule has 1 aromatic carbocycles. The zero-order valence-electron chi connectivity index (χ0n) is 16.9. The Morgan fingerprint density at radius 2 is 1.93 bits per heavy atom. The maximum absolute atomic E-state index is 10.5. The van der Waals surface area contributed by atoms with Gasteiger partial charge in [-0.25, -0.2) is 4.98 Å². The summed E-state index contributed by atoms with van der Waals surface area (Å²) in [6.07, 6.45) is 1.30. The van der Waals surface area contributed by atoms with Crippen molar-refractivity contribution in [2.75, 3.05) is 44.2 Å². The molecule has 1 fully saturated rings. The monoisotopic (exact) mass is 403 g/mol. The summed E-state index contributed by atoms with van der Waals surface area (Å²) in [6, 6.07) is 9.93. The van der Waals surface area contributed by atoms with Gasteiger partial charge >= 0.3 is 0 Å². The van der Waals surface area contributed by atoms with Gasteiger partial charge in [0, 0.05) is 43.9 Å². The fraction of sp³-hybridized carbons (Fsp3) is 0.500. The van der Waals surface area contributed by atoms with Crippen LogP contribution in [0.3, 0.4) is 0 Å². The fourth-order valence-corrected chi connectivity index (χ4v) is 3.66. The molecule has 6 heteroatoms. The van der Waals surface area contributed by atoms with Gasteiger partial charge in [0.25, 0.3) is 0 Å². The molecule has 1 aromatic heterocycles. The van der Waals surface area contributed by atoms with Gasteiger partial charge in [-0.1, -0.05) is 31.5 Å². The molecule has 1 aliphatic heterocycles. The lowest BCUT2D eigenvalue weighted by Crippen LogP contribution is -2.49. The van der Waals surface area contributed by atoms with Crippen LogP contribution in [-0.4, -0.2) is 60.4 Å². The van der Waals surface area contributed by atoms with Gasteiger partial charge in [0.05, 0.1) is 0 Å². The standard InChI is InChI=1S/C22H30ClN3O2/c1-16(2)19-13-20(23)17(3)12-21(19)28-15-18(27)14-25-8-10-26(11-9-25)22-6-4-5-7-24-22/h4-7,12-13,16,18,27H,8-11,14-15H2,1-3H3/t18-/m1/s1. The summed E-state index contributed by atoms with van der Waals surface area (Å²) in [5, 5.41) is 11.2. The third-order valence-electron chi connectivity index (χ3n) is 5.16. The first-order chi connectivity index (χ1) is 13.4. The smallest absolute Gasteiger partial charge is 0.128 e. The van der Waals surface area contributed by atoms with Gasteiger partial charge in [-0.2, -0.15) is 0 Å². The average Bonchev–Trinajstić information content (AvgIpc) is 2.69. The number of benzene rings is 1. The number of nitrogens with zero attached hydrogens (tertiary/aromatic N) is 3. The molecule has 1 atom stereocenters. The molecule has 5 nitrogen and oxygen atoms in total. The van der Waals surface area contributed by atoms with Crippen LogP contribution in [0.25, 0.3) is 0 Å². The molecular weight excluding hydrogens is 374 g/mol. The normalized spacial score (nSPS) is 16.4. The number of ether oxygens (including phenoxy) is 1. The number of hydrogen-bond donors (Lipinski definition) is 1. The van der Waals surface area contributed by atoms with E-state index < -0.39 is 6.10 Å². The first-order valence-corrected chi connectivity index (χ1v) is 10.3. The molecule has 0 amide bonds. The number of hydrogen-bond acceptors (Lipinski definition) is 5. The zero-order valence-corrected chi connectivity index (χ0v) is 17.7. The van der Waals surface area contributed by atoms with Crippen LogP contribution in [0.4, 0.5) is 5.82 Å². The summed E-state index contributed by atoms with van der Waals surface area (Å²) in [5.74, 6) is 2.14. The Morgan fingerprint density at radius 3 is 2.57 bits per heavy atom. The van der Waals surface area contributed by atoms with Gasteiger partial charge in [-0.15, -0.1) is 0 Å². The Balaban J connectivity index is 1.49. The van der Waals surface area contributed by atoms with Crippen molar-refractivity contribution < 1.29 is 9.84 Å². The second-order valence-electron chi connectivity index (χ2n) is 7.73. The van der Waals surface area contributed by atoms with Crippen LogP contribution in [0.2, 0.25) is 5.02 Å². The van der Waals surface area contributed by atoms with E-state index in [-0.39, 0.29) is 6.61 Å². The topological polar surface area (TPSA) is 48.8 Å². The first kappa shape index (κ1) is 20.9. The Bertz CT molecular complexity index is 762. The molecule has 0 saturated carbocycles. The van der Waals surface area contributed by atoms with Crippen LogP contribution < -0.4 is 9.64 Å². The Kier molecular flexibility index (Phi) is 7.16. The highest BCUT2D eigenvalue weighted by Gasteiger charge is 2.21. The highest BCUT2D eigenvalue weighted by molar-refractivity contribution is 6.31. The van der Waals surface area contributed by atoms with E-state index >= 15 is 0 Å². The summed E-state index contributed by atoms with van der Waals surface area (Å²) in [6.45, 7) is 10.7. The zero-order chi connectivity index (χ0) is 20.1. The number of aromatic nitrogens is 1. The molecule has 0 unspecified atom stereocenters. The van der Waals surface area contributed by atoms with E-state index in [4.69, 9.17) is 16.3 Å². The molecule has 152 valence electrons. The van der Waals surface area contributed by atoms with Crippen molar-refractivity contribution in [3.05, 3.63) is 52.7 Å². The fourth-order valence-electron chi connectivity index (χ4n) is 3.48. The molecular formula is C22H30ClN3O2. The number of aliphatic hydroxyl groups excluding tert-OH is 1. The summed E-state index contributed by atoms with van der Waals surface area (Å²) in [5.41, 5.74) is 2.06. The molecule has 0 spiro atoms. The highest BCUT2D eigenvalue weighted by atomic mass is 35.5. The lowest BCUT2D eigenvalue weighted by atomic mass is 10.0. The summed E-state index contributed by atoms with van der Waals surface area (Å²) in [4.78, 5) is 8.98. The molecule has 0 aliphatic carbocycles. The van der Waals surface area contributed by atoms with Crippen LogP contribution in [0.5, 0.6) is 5.75 Å². The number of β-amino-alcohol motifs (C(OH)–C–C–N with tert-alkyl or cyclic N) is 1. The van der Waals surface area contributed by atoms with E-state index in [0.29, 0.717) is 12.5 Å². The van der Waals surface area contributed by atoms with Crippen molar-refractivity contribution >= 4 is 17.4 Å². The second kappa shape index (κ2) is 9.59. The number of aryl methyl sites for hydroxylation is 1. The number of anilines is 1. The predicted molar refractivity (Wildman–Crippen MR) is 115 cm³/mol. The minimum atomic E-state index is -0.530. The molecule has 3 rings (SSSR count). The lowest BCUT2D eigenvalue weighted by Gasteiger charge is -2.36. The minimum absolute atomic E-state index is 0.279. The number of rotatable bonds is 7. The number of piperazine rings is 1. The first-order valence-electron chi connectivity index (χ1n) is 9.93. The van der Waals surface area contributed by atoms with Gasteiger partial charge in [0.15, 0.2) is 0 Å². The van der Waals surface area contributed by atoms with Crippen molar-refractivity contribution in [1.82, 2.24) is 9.88 Å². The SMILES string of the molecule is Cc1cc(OC[C@H](O)CN2CCN(c3ccccn3)CC2)c(C(C)C)cc1Cl. The quantitative estimate of drug-likeness (QED) is 0.763. The van der Waals surface area contributed by atoms with Crippen molar-refractivity contribution in [2.45, 2.75) is 32.8 Å². The second-order valence-corrected chi connectivity index (χ2v) is 8.14. The Labute approximate surface area is 172 Å². The van der Waals surface area contributed by atoms with E-state index in [0.717, 1.165) is 53.9 Å². The predicted octanol–water partition coefficient (Wildman–Crippen LogP) is 3.73. The van der Waals surface area contributed by atoms with Gasteiger partial charge in [-0.3, -0.25) is 4.90 Å². The van der Waals surface area contributed by atoms with Crippen LogP contribution in [0, 0.1) is 6.92 Å². The van der Waals surface area contributed by atoms with Crippen molar-refractivity contribution in [3.8, 4) is 5.75 Å². The van der Waals surface area contributed by atoms with E-state index in [1.165, 1.54) is 0 Å². The molecule has 0 radical (unpaired) electrons. The minimum Gasteiger partial charge on any atom is -0.491 e. The summed E-state index contributed by atoms with van der Waals surface area (Å²) >= 11 is 6.26. The van der Waals surface area contributed by atoms with Crippen LogP contribution >= 0.6 is 11.6 Å². The molecule has 2 heterocycles. The number of pyridine rings is 1. The van der Waals surface area contributed by atoms with E-state index in [1.54, 1.807) is 0 Å². The molecule has 0 bridgehead atoms. The third kappa shape index (κ3) is 5.37. The van der Waals surface area contributed by atoms with Crippen LogP contribution in [-0.2, 0) is 0 Å². The van der Waals surface area contributed by atoms with Gasteiger partial charge in [-0.05, 0) is 48.2 Å². The van der Waals surface area contributed by atoms with E-state index in [9.17, 15) is 5.11 Å². The number of halogens is 1. The molecule has 1 aliphatic rings. The summed E-state index contributed by atoms with van der Waals surface area (Å²) < 4.78 is 5.97. The average molecular weight is 404 g/mol. The summed E-state index contributed by atoms with van der Waals surface area (Å²) in [7, 11) is 0. The van der Waals surface area contributed by atoms with Gasteiger partial charge < -0.3 is 14.7 Å². The van der Waals surface area contributed by atoms with Gasteiger partial charge in [0.1, 0.15) is 24.3 Å². The number of aliphatic hydroxyl groups is 1. The van der Waals surface area contributed by atoms with Gasteiger partial charge in [0.2, 0.25) is 0 Å². The highest BCUT2D eigenvalue weighted by Crippen LogP contribution is 2.32. The molecule has 1 N–H and O–H groups in total. The van der Waals surface area contributed by atoms with Crippen LogP contribution in [0.15, 0.2) is 36.5 Å². The Hall–Kier alpha value is -1.82. The maximum Gasteiger partial charge on any atom is 0.128 e. The molecule has 1 saturated heterocycles. The van der Waals surface area contributed by atoms with Crippen molar-refractivity contribution in [1.29, 1.82) is 0 Å². The maximum atomic E-state index is 10.5. The van der Waals surface area contributed by atoms with E-state index in [1.807, 2.05) is 43.5 Å². The largest absolute Gasteiger partial charge is 0.491 e. The van der Waals surface area contributed by atoms with Crippen molar-refractivity contribution in [2.24, 2.45) is 0 Å². The lowest BCUT2D eigenvalue weighted by molar-refractivity contribution is 0.0658. The molecule has 28 heavy (non-hydrogen) atoms. The molecule has 2 aromatic rings. The van der Waals surface area contributed by atoms with Crippen molar-refractivity contribution in [3.63, 3.8) is 0 Å². The Morgan fingerprint density at radius 1 is 1.18 bits per heavy atom. The van der Waals surface area contributed by atoms with Crippen LogP contribution in [0.1, 0.15) is 30.9 Å².